The highest BCUT2D eigenvalue weighted by atomic mass is 35.5. The molecule has 0 spiro atoms. The predicted octanol–water partition coefficient (Wildman–Crippen LogP) is 6.70. The number of aryl methyl sites for hydroxylation is 1. The third kappa shape index (κ3) is 4.82. The molecule has 0 aromatic heterocycles. The molecule has 6 heteroatoms. The molecule has 160 valence electrons. The molecule has 3 aromatic carbocycles. The van der Waals surface area contributed by atoms with Crippen molar-refractivity contribution in [3.8, 4) is 11.5 Å². The standard InChI is InChI=1S/C25H23Cl2NO2S/c26-19-10-9-16(21(27)14-19)7-4-8-24(31)28-12-11-18-13-22(29)23(30)15-20(18)25(28)17-5-2-1-3-6-17/h1-3,5-6,9-10,13-15,25,29-30H,4,7-8,11-12H2. The fourth-order valence-corrected chi connectivity index (χ4v) is 5.05. The Morgan fingerprint density at radius 3 is 2.48 bits per heavy atom. The fraction of sp³-hybridized carbons (Fsp3) is 0.240. The van der Waals surface area contributed by atoms with Crippen molar-refractivity contribution in [3.05, 3.63) is 93.0 Å². The van der Waals surface area contributed by atoms with Crippen molar-refractivity contribution >= 4 is 40.4 Å². The van der Waals surface area contributed by atoms with Crippen molar-refractivity contribution in [2.75, 3.05) is 6.54 Å². The summed E-state index contributed by atoms with van der Waals surface area (Å²) in [6.45, 7) is 0.761. The van der Waals surface area contributed by atoms with Crippen molar-refractivity contribution in [3.63, 3.8) is 0 Å². The zero-order valence-corrected chi connectivity index (χ0v) is 19.2. The van der Waals surface area contributed by atoms with Gasteiger partial charge in [0.05, 0.1) is 11.0 Å². The summed E-state index contributed by atoms with van der Waals surface area (Å²) in [5, 5.41) is 21.4. The third-order valence-corrected chi connectivity index (χ3v) is 6.78. The number of halogens is 2. The van der Waals surface area contributed by atoms with Crippen LogP contribution in [0.4, 0.5) is 0 Å². The molecule has 0 fully saturated rings. The van der Waals surface area contributed by atoms with Crippen LogP contribution in [0, 0.1) is 0 Å². The number of benzene rings is 3. The number of thiocarbonyl (C=S) groups is 1. The Morgan fingerprint density at radius 2 is 1.74 bits per heavy atom. The van der Waals surface area contributed by atoms with Gasteiger partial charge < -0.3 is 15.1 Å². The van der Waals surface area contributed by atoms with E-state index in [0.717, 1.165) is 59.5 Å². The summed E-state index contributed by atoms with van der Waals surface area (Å²) in [5.41, 5.74) is 4.20. The van der Waals surface area contributed by atoms with E-state index in [1.807, 2.05) is 30.3 Å². The molecule has 4 rings (SSSR count). The highest BCUT2D eigenvalue weighted by molar-refractivity contribution is 7.80. The summed E-state index contributed by atoms with van der Waals surface area (Å²) in [6, 6.07) is 19.0. The van der Waals surface area contributed by atoms with E-state index in [9.17, 15) is 10.2 Å². The van der Waals surface area contributed by atoms with Gasteiger partial charge in [0.2, 0.25) is 0 Å². The Kier molecular flexibility index (Phi) is 6.71. The Balaban J connectivity index is 1.55. The average molecular weight is 472 g/mol. The molecule has 1 atom stereocenters. The Labute approximate surface area is 197 Å². The number of nitrogens with zero attached hydrogens (tertiary/aromatic N) is 1. The minimum Gasteiger partial charge on any atom is -0.504 e. The van der Waals surface area contributed by atoms with Gasteiger partial charge in [-0.05, 0) is 72.2 Å². The maximum Gasteiger partial charge on any atom is 0.157 e. The number of phenolic OH excluding ortho intramolecular Hbond substituents is 2. The monoisotopic (exact) mass is 471 g/mol. The van der Waals surface area contributed by atoms with Gasteiger partial charge in [-0.3, -0.25) is 0 Å². The molecule has 0 aliphatic carbocycles. The van der Waals surface area contributed by atoms with Crippen molar-refractivity contribution in [2.24, 2.45) is 0 Å². The zero-order valence-electron chi connectivity index (χ0n) is 16.9. The average Bonchev–Trinajstić information content (AvgIpc) is 2.76. The van der Waals surface area contributed by atoms with Gasteiger partial charge in [0.25, 0.3) is 0 Å². The van der Waals surface area contributed by atoms with E-state index in [0.29, 0.717) is 10.0 Å². The smallest absolute Gasteiger partial charge is 0.157 e. The highest BCUT2D eigenvalue weighted by Crippen LogP contribution is 2.40. The molecular formula is C25H23Cl2NO2S. The first-order chi connectivity index (χ1) is 14.9. The summed E-state index contributed by atoms with van der Waals surface area (Å²) in [5.74, 6) is -0.189. The molecule has 1 heterocycles. The number of phenols is 2. The zero-order chi connectivity index (χ0) is 22.0. The van der Waals surface area contributed by atoms with Crippen LogP contribution >= 0.6 is 35.4 Å². The van der Waals surface area contributed by atoms with Crippen LogP contribution in [0.1, 0.15) is 41.1 Å². The fourth-order valence-electron chi connectivity index (χ4n) is 4.21. The molecule has 3 nitrogen and oxygen atoms in total. The van der Waals surface area contributed by atoms with Gasteiger partial charge in [0.1, 0.15) is 0 Å². The molecule has 0 bridgehead atoms. The van der Waals surface area contributed by atoms with Crippen LogP contribution in [0.3, 0.4) is 0 Å². The van der Waals surface area contributed by atoms with Crippen molar-refractivity contribution in [2.45, 2.75) is 31.7 Å². The number of hydrogen-bond acceptors (Lipinski definition) is 3. The lowest BCUT2D eigenvalue weighted by atomic mass is 9.87. The lowest BCUT2D eigenvalue weighted by Crippen LogP contribution is -2.39. The molecule has 1 aliphatic heterocycles. The minimum absolute atomic E-state index is 0.0820. The van der Waals surface area contributed by atoms with Gasteiger partial charge in [-0.15, -0.1) is 0 Å². The SMILES string of the molecule is Oc1cc2c(cc1O)C(c1ccccc1)N(C(=S)CCCc1ccc(Cl)cc1Cl)CC2. The van der Waals surface area contributed by atoms with E-state index < -0.39 is 0 Å². The van der Waals surface area contributed by atoms with E-state index in [1.54, 1.807) is 18.2 Å². The highest BCUT2D eigenvalue weighted by Gasteiger charge is 2.31. The van der Waals surface area contributed by atoms with Crippen molar-refractivity contribution < 1.29 is 10.2 Å². The molecule has 31 heavy (non-hydrogen) atoms. The molecule has 0 amide bonds. The lowest BCUT2D eigenvalue weighted by molar-refractivity contribution is 0.332. The number of hydrogen-bond donors (Lipinski definition) is 2. The third-order valence-electron chi connectivity index (χ3n) is 5.75. The van der Waals surface area contributed by atoms with Crippen LogP contribution < -0.4 is 0 Å². The number of rotatable bonds is 5. The van der Waals surface area contributed by atoms with Crippen LogP contribution in [0.15, 0.2) is 60.7 Å². The Bertz CT molecular complexity index is 1100. The summed E-state index contributed by atoms with van der Waals surface area (Å²) in [7, 11) is 0. The van der Waals surface area contributed by atoms with Crippen LogP contribution in [-0.4, -0.2) is 26.6 Å². The second-order valence-corrected chi connectivity index (χ2v) is 9.09. The second kappa shape index (κ2) is 9.47. The van der Waals surface area contributed by atoms with E-state index in [1.165, 1.54) is 0 Å². The topological polar surface area (TPSA) is 43.7 Å². The summed E-state index contributed by atoms with van der Waals surface area (Å²) >= 11 is 18.2. The second-order valence-electron chi connectivity index (χ2n) is 7.78. The van der Waals surface area contributed by atoms with Gasteiger partial charge in [-0.2, -0.15) is 0 Å². The first-order valence-electron chi connectivity index (χ1n) is 10.3. The van der Waals surface area contributed by atoms with Gasteiger partial charge in [0.15, 0.2) is 11.5 Å². The van der Waals surface area contributed by atoms with Gasteiger partial charge in [0, 0.05) is 16.6 Å². The normalized spacial score (nSPS) is 15.5. The summed E-state index contributed by atoms with van der Waals surface area (Å²) in [4.78, 5) is 3.13. The van der Waals surface area contributed by atoms with Crippen LogP contribution in [0.5, 0.6) is 11.5 Å². The molecule has 2 N–H and O–H groups in total. The first-order valence-corrected chi connectivity index (χ1v) is 11.4. The van der Waals surface area contributed by atoms with Crippen LogP contribution in [0.25, 0.3) is 0 Å². The van der Waals surface area contributed by atoms with Crippen molar-refractivity contribution in [1.29, 1.82) is 0 Å². The van der Waals surface area contributed by atoms with Crippen LogP contribution in [-0.2, 0) is 12.8 Å². The maximum absolute atomic E-state index is 10.2. The predicted molar refractivity (Wildman–Crippen MR) is 130 cm³/mol. The maximum atomic E-state index is 10.2. The quantitative estimate of drug-likeness (QED) is 0.320. The molecule has 1 aliphatic rings. The molecular weight excluding hydrogens is 449 g/mol. The minimum atomic E-state index is -0.107. The van der Waals surface area contributed by atoms with Crippen molar-refractivity contribution in [1.82, 2.24) is 4.90 Å². The Morgan fingerprint density at radius 1 is 1.00 bits per heavy atom. The molecule has 3 aromatic rings. The number of fused-ring (bicyclic) bond motifs is 1. The van der Waals surface area contributed by atoms with E-state index in [4.69, 9.17) is 35.4 Å². The van der Waals surface area contributed by atoms with Gasteiger partial charge in [-0.1, -0.05) is 71.8 Å². The van der Waals surface area contributed by atoms with E-state index in [-0.39, 0.29) is 17.5 Å². The summed E-state index contributed by atoms with van der Waals surface area (Å²) in [6.07, 6.45) is 3.23. The lowest BCUT2D eigenvalue weighted by Gasteiger charge is -2.39. The van der Waals surface area contributed by atoms with E-state index >= 15 is 0 Å². The summed E-state index contributed by atoms with van der Waals surface area (Å²) < 4.78 is 0. The van der Waals surface area contributed by atoms with Gasteiger partial charge >= 0.3 is 0 Å². The van der Waals surface area contributed by atoms with Gasteiger partial charge in [-0.25, -0.2) is 0 Å². The number of aromatic hydroxyl groups is 2. The Hall–Kier alpha value is -2.27. The molecule has 0 saturated carbocycles. The molecule has 1 unspecified atom stereocenters. The van der Waals surface area contributed by atoms with E-state index in [2.05, 4.69) is 17.0 Å². The van der Waals surface area contributed by atoms with Crippen LogP contribution in [0.2, 0.25) is 10.0 Å². The largest absolute Gasteiger partial charge is 0.504 e. The molecule has 0 radical (unpaired) electrons. The first kappa shape index (κ1) is 21.9. The molecule has 0 saturated heterocycles.